The number of hydrogen-bond acceptors (Lipinski definition) is 4. The predicted octanol–water partition coefficient (Wildman–Crippen LogP) is 7.72. The van der Waals surface area contributed by atoms with E-state index in [2.05, 4.69) is 27.7 Å². The SMILES string of the molecule is CCCCC(CC)CN(CC(CC)CCCC)C(=O)OCCOC(=O)C(C)(C(C)C)C(C)C. The van der Waals surface area contributed by atoms with Crippen molar-refractivity contribution in [3.8, 4) is 0 Å². The smallest absolute Gasteiger partial charge is 0.409 e. The van der Waals surface area contributed by atoms with Gasteiger partial charge >= 0.3 is 12.1 Å². The van der Waals surface area contributed by atoms with Crippen LogP contribution in [0.1, 0.15) is 114 Å². The highest BCUT2D eigenvalue weighted by atomic mass is 16.6. The Morgan fingerprint density at radius 2 is 1.18 bits per heavy atom. The molecule has 0 rings (SSSR count). The van der Waals surface area contributed by atoms with Gasteiger partial charge in [0.25, 0.3) is 0 Å². The minimum absolute atomic E-state index is 0.102. The van der Waals surface area contributed by atoms with Gasteiger partial charge in [-0.15, -0.1) is 0 Å². The molecule has 0 aromatic heterocycles. The van der Waals surface area contributed by atoms with E-state index in [0.717, 1.165) is 38.8 Å². The molecule has 1 amide bonds. The van der Waals surface area contributed by atoms with Crippen LogP contribution in [0.25, 0.3) is 0 Å². The van der Waals surface area contributed by atoms with Gasteiger partial charge in [0.2, 0.25) is 0 Å². The summed E-state index contributed by atoms with van der Waals surface area (Å²) in [6, 6.07) is 0. The van der Waals surface area contributed by atoms with Crippen molar-refractivity contribution in [3.63, 3.8) is 0 Å². The second-order valence-corrected chi connectivity index (χ2v) is 10.6. The van der Waals surface area contributed by atoms with Crippen molar-refractivity contribution in [2.45, 2.75) is 114 Å². The lowest BCUT2D eigenvalue weighted by molar-refractivity contribution is -0.162. The second-order valence-electron chi connectivity index (χ2n) is 10.6. The molecular formula is C28H55NO4. The molecule has 196 valence electrons. The van der Waals surface area contributed by atoms with E-state index >= 15 is 0 Å². The zero-order valence-electron chi connectivity index (χ0n) is 23.4. The number of ether oxygens (including phenoxy) is 2. The average molecular weight is 470 g/mol. The summed E-state index contributed by atoms with van der Waals surface area (Å²) in [7, 11) is 0. The standard InChI is InChI=1S/C28H55NO4/c1-10-14-16-24(12-3)20-29(21-25(13-4)17-15-11-2)27(31)33-19-18-32-26(30)28(9,22(5)6)23(7)8/h22-25H,10-21H2,1-9H3. The first-order valence-electron chi connectivity index (χ1n) is 13.7. The van der Waals surface area contributed by atoms with Gasteiger partial charge in [-0.25, -0.2) is 4.79 Å². The van der Waals surface area contributed by atoms with Crippen LogP contribution in [-0.4, -0.2) is 43.3 Å². The fourth-order valence-corrected chi connectivity index (χ4v) is 4.33. The molecule has 0 spiro atoms. The maximum Gasteiger partial charge on any atom is 0.409 e. The van der Waals surface area contributed by atoms with Gasteiger partial charge in [-0.05, 0) is 43.4 Å². The number of nitrogens with zero attached hydrogens (tertiary/aromatic N) is 1. The Morgan fingerprint density at radius 3 is 1.55 bits per heavy atom. The summed E-state index contributed by atoms with van der Waals surface area (Å²) in [6.07, 6.45) is 8.87. The highest BCUT2D eigenvalue weighted by Gasteiger charge is 2.41. The maximum absolute atomic E-state index is 13.0. The van der Waals surface area contributed by atoms with Crippen LogP contribution in [0, 0.1) is 29.1 Å². The molecule has 0 bridgehead atoms. The van der Waals surface area contributed by atoms with E-state index < -0.39 is 5.41 Å². The van der Waals surface area contributed by atoms with Gasteiger partial charge in [0.15, 0.2) is 0 Å². The molecule has 0 aliphatic carbocycles. The monoisotopic (exact) mass is 469 g/mol. The molecule has 0 aromatic carbocycles. The summed E-state index contributed by atoms with van der Waals surface area (Å²) in [5.41, 5.74) is -0.544. The van der Waals surface area contributed by atoms with Crippen LogP contribution >= 0.6 is 0 Å². The van der Waals surface area contributed by atoms with E-state index in [1.165, 1.54) is 25.7 Å². The first kappa shape index (κ1) is 31.7. The number of hydrogen-bond donors (Lipinski definition) is 0. The number of esters is 1. The topological polar surface area (TPSA) is 55.8 Å². The first-order chi connectivity index (χ1) is 15.6. The van der Waals surface area contributed by atoms with Crippen LogP contribution in [0.15, 0.2) is 0 Å². The van der Waals surface area contributed by atoms with Crippen LogP contribution < -0.4 is 0 Å². The van der Waals surface area contributed by atoms with Crippen LogP contribution in [0.3, 0.4) is 0 Å². The zero-order chi connectivity index (χ0) is 25.4. The molecule has 0 heterocycles. The molecule has 2 atom stereocenters. The lowest BCUT2D eigenvalue weighted by atomic mass is 9.70. The molecule has 0 aromatic rings. The van der Waals surface area contributed by atoms with Crippen LogP contribution in [0.4, 0.5) is 4.79 Å². The fourth-order valence-electron chi connectivity index (χ4n) is 4.33. The number of carbonyl (C=O) groups excluding carboxylic acids is 2. The maximum atomic E-state index is 13.0. The summed E-state index contributed by atoms with van der Waals surface area (Å²) in [4.78, 5) is 27.7. The predicted molar refractivity (Wildman–Crippen MR) is 138 cm³/mol. The van der Waals surface area contributed by atoms with Crippen LogP contribution in [0.2, 0.25) is 0 Å². The third-order valence-corrected chi connectivity index (χ3v) is 7.68. The Bertz CT molecular complexity index is 506. The molecule has 0 radical (unpaired) electrons. The zero-order valence-corrected chi connectivity index (χ0v) is 23.4. The Balaban J connectivity index is 5.01. The van der Waals surface area contributed by atoms with Gasteiger partial charge in [0.05, 0.1) is 5.41 Å². The Morgan fingerprint density at radius 1 is 0.758 bits per heavy atom. The third kappa shape index (κ3) is 11.1. The van der Waals surface area contributed by atoms with Crippen molar-refractivity contribution in [1.29, 1.82) is 0 Å². The van der Waals surface area contributed by atoms with Crippen LogP contribution in [-0.2, 0) is 14.3 Å². The Labute approximate surface area is 205 Å². The van der Waals surface area contributed by atoms with Gasteiger partial charge in [0.1, 0.15) is 13.2 Å². The van der Waals surface area contributed by atoms with Crippen molar-refractivity contribution in [2.24, 2.45) is 29.1 Å². The lowest BCUT2D eigenvalue weighted by Crippen LogP contribution is -2.41. The fraction of sp³-hybridized carbons (Fsp3) is 0.929. The van der Waals surface area contributed by atoms with Gasteiger partial charge in [-0.2, -0.15) is 0 Å². The van der Waals surface area contributed by atoms with Gasteiger partial charge < -0.3 is 14.4 Å². The highest BCUT2D eigenvalue weighted by Crippen LogP contribution is 2.36. The third-order valence-electron chi connectivity index (χ3n) is 7.68. The number of unbranched alkanes of at least 4 members (excludes halogenated alkanes) is 2. The number of amides is 1. The average Bonchev–Trinajstić information content (AvgIpc) is 2.79. The molecule has 0 aliphatic heterocycles. The molecule has 0 fully saturated rings. The number of carbonyl (C=O) groups is 2. The van der Waals surface area contributed by atoms with E-state index in [9.17, 15) is 9.59 Å². The van der Waals surface area contributed by atoms with Crippen molar-refractivity contribution in [3.05, 3.63) is 0 Å². The molecule has 33 heavy (non-hydrogen) atoms. The summed E-state index contributed by atoms with van der Waals surface area (Å²) in [5, 5.41) is 0. The summed E-state index contributed by atoms with van der Waals surface area (Å²) in [6.45, 7) is 20.7. The number of rotatable bonds is 18. The summed E-state index contributed by atoms with van der Waals surface area (Å²) >= 11 is 0. The lowest BCUT2D eigenvalue weighted by Gasteiger charge is -2.35. The van der Waals surface area contributed by atoms with E-state index in [-0.39, 0.29) is 37.1 Å². The normalized spacial score (nSPS) is 13.8. The minimum atomic E-state index is -0.544. The van der Waals surface area contributed by atoms with Crippen molar-refractivity contribution >= 4 is 12.1 Å². The second kappa shape index (κ2) is 17.2. The Kier molecular flexibility index (Phi) is 16.6. The Hall–Kier alpha value is -1.26. The van der Waals surface area contributed by atoms with E-state index in [1.54, 1.807) is 0 Å². The van der Waals surface area contributed by atoms with Gasteiger partial charge in [-0.1, -0.05) is 93.9 Å². The van der Waals surface area contributed by atoms with E-state index in [4.69, 9.17) is 9.47 Å². The molecule has 0 saturated carbocycles. The molecule has 2 unspecified atom stereocenters. The quantitative estimate of drug-likeness (QED) is 0.152. The minimum Gasteiger partial charge on any atom is -0.462 e. The summed E-state index contributed by atoms with van der Waals surface area (Å²) < 4.78 is 11.1. The van der Waals surface area contributed by atoms with Gasteiger partial charge in [-0.3, -0.25) is 4.79 Å². The van der Waals surface area contributed by atoms with Crippen molar-refractivity contribution in [1.82, 2.24) is 4.90 Å². The molecule has 5 heteroatoms. The first-order valence-corrected chi connectivity index (χ1v) is 13.7. The summed E-state index contributed by atoms with van der Waals surface area (Å²) in [5.74, 6) is 1.13. The molecule has 0 saturated heterocycles. The molecular weight excluding hydrogens is 414 g/mol. The van der Waals surface area contributed by atoms with E-state index in [0.29, 0.717) is 11.8 Å². The van der Waals surface area contributed by atoms with E-state index in [1.807, 2.05) is 39.5 Å². The van der Waals surface area contributed by atoms with Crippen molar-refractivity contribution < 1.29 is 19.1 Å². The molecule has 5 nitrogen and oxygen atoms in total. The highest BCUT2D eigenvalue weighted by molar-refractivity contribution is 5.77. The van der Waals surface area contributed by atoms with Crippen molar-refractivity contribution in [2.75, 3.05) is 26.3 Å². The molecule has 0 N–H and O–H groups in total. The molecule has 0 aliphatic rings. The largest absolute Gasteiger partial charge is 0.462 e. The van der Waals surface area contributed by atoms with Crippen LogP contribution in [0.5, 0.6) is 0 Å². The van der Waals surface area contributed by atoms with Gasteiger partial charge in [0, 0.05) is 13.1 Å².